The van der Waals surface area contributed by atoms with Crippen molar-refractivity contribution in [2.24, 2.45) is 5.92 Å². The summed E-state index contributed by atoms with van der Waals surface area (Å²) in [6.07, 6.45) is 1.09. The third-order valence-electron chi connectivity index (χ3n) is 5.60. The highest BCUT2D eigenvalue weighted by molar-refractivity contribution is 7.89. The number of nitrogens with one attached hydrogen (secondary N) is 1. The quantitative estimate of drug-likeness (QED) is 0.781. The minimum atomic E-state index is -3.49. The molecule has 3 rings (SSSR count). The van der Waals surface area contributed by atoms with Crippen molar-refractivity contribution in [2.45, 2.75) is 51.0 Å². The van der Waals surface area contributed by atoms with Crippen LogP contribution in [0.15, 0.2) is 53.4 Å². The summed E-state index contributed by atoms with van der Waals surface area (Å²) in [4.78, 5) is 12.8. The summed E-state index contributed by atoms with van der Waals surface area (Å²) in [5.74, 6) is 0.347. The summed E-state index contributed by atoms with van der Waals surface area (Å²) in [7, 11) is -3.49. The Labute approximate surface area is 174 Å². The van der Waals surface area contributed by atoms with E-state index in [-0.39, 0.29) is 11.8 Å². The van der Waals surface area contributed by atoms with Gasteiger partial charge in [-0.1, -0.05) is 55.8 Å². The Balaban J connectivity index is 1.52. The zero-order chi connectivity index (χ0) is 21.0. The number of nitrogens with zero attached hydrogens (tertiary/aromatic N) is 1. The molecule has 0 spiro atoms. The Morgan fingerprint density at radius 2 is 1.62 bits per heavy atom. The second-order valence-corrected chi connectivity index (χ2v) is 10.0. The van der Waals surface area contributed by atoms with Crippen molar-refractivity contribution in [2.75, 3.05) is 13.1 Å². The number of rotatable bonds is 6. The van der Waals surface area contributed by atoms with Crippen molar-refractivity contribution in [1.82, 2.24) is 9.62 Å². The highest BCUT2D eigenvalue weighted by atomic mass is 32.2. The maximum Gasteiger partial charge on any atom is 0.243 e. The van der Waals surface area contributed by atoms with Gasteiger partial charge in [-0.15, -0.1) is 0 Å². The summed E-state index contributed by atoms with van der Waals surface area (Å²) in [5.41, 5.74) is 3.38. The molecule has 1 aliphatic rings. The van der Waals surface area contributed by atoms with Gasteiger partial charge < -0.3 is 5.32 Å². The monoisotopic (exact) mass is 414 g/mol. The van der Waals surface area contributed by atoms with Crippen molar-refractivity contribution in [3.05, 3.63) is 65.2 Å². The van der Waals surface area contributed by atoms with Gasteiger partial charge in [0.1, 0.15) is 0 Å². The molecule has 29 heavy (non-hydrogen) atoms. The Morgan fingerprint density at radius 1 is 1.03 bits per heavy atom. The van der Waals surface area contributed by atoms with E-state index in [4.69, 9.17) is 0 Å². The molecule has 1 N–H and O–H groups in total. The predicted octanol–water partition coefficient (Wildman–Crippen LogP) is 3.84. The molecule has 1 amide bonds. The average molecular weight is 415 g/mol. The zero-order valence-corrected chi connectivity index (χ0v) is 18.2. The van der Waals surface area contributed by atoms with Gasteiger partial charge in [-0.05, 0) is 48.9 Å². The maximum atomic E-state index is 12.8. The van der Waals surface area contributed by atoms with Gasteiger partial charge in [0.15, 0.2) is 0 Å². The van der Waals surface area contributed by atoms with Gasteiger partial charge in [0, 0.05) is 25.6 Å². The van der Waals surface area contributed by atoms with E-state index in [0.29, 0.717) is 43.3 Å². The Kier molecular flexibility index (Phi) is 6.75. The van der Waals surface area contributed by atoms with Gasteiger partial charge in [-0.25, -0.2) is 8.42 Å². The lowest BCUT2D eigenvalue weighted by Gasteiger charge is -2.30. The Morgan fingerprint density at radius 3 is 2.17 bits per heavy atom. The van der Waals surface area contributed by atoms with Crippen LogP contribution < -0.4 is 5.32 Å². The highest BCUT2D eigenvalue weighted by Gasteiger charge is 2.31. The fourth-order valence-electron chi connectivity index (χ4n) is 3.57. The Hall–Kier alpha value is -2.18. The lowest BCUT2D eigenvalue weighted by molar-refractivity contribution is -0.126. The number of sulfonamides is 1. The third kappa shape index (κ3) is 5.25. The molecule has 1 heterocycles. The normalized spacial score (nSPS) is 16.1. The third-order valence-corrected chi connectivity index (χ3v) is 7.51. The summed E-state index contributed by atoms with van der Waals surface area (Å²) in [5, 5.41) is 3.00. The molecule has 6 heteroatoms. The molecule has 156 valence electrons. The summed E-state index contributed by atoms with van der Waals surface area (Å²) in [6, 6.07) is 15.2. The first-order valence-electron chi connectivity index (χ1n) is 10.2. The number of aryl methyl sites for hydroxylation is 1. The number of carbonyl (C=O) groups is 1. The first-order chi connectivity index (χ1) is 13.8. The molecule has 0 atom stereocenters. The summed E-state index contributed by atoms with van der Waals surface area (Å²) < 4.78 is 27.1. The van der Waals surface area contributed by atoms with E-state index in [0.717, 1.165) is 11.1 Å². The van der Waals surface area contributed by atoms with E-state index in [1.807, 2.05) is 19.1 Å². The summed E-state index contributed by atoms with van der Waals surface area (Å²) in [6.45, 7) is 7.48. The molecular formula is C23H30N2O3S. The first-order valence-corrected chi connectivity index (χ1v) is 11.6. The van der Waals surface area contributed by atoms with Crippen LogP contribution in [0.2, 0.25) is 0 Å². The lowest BCUT2D eigenvalue weighted by Crippen LogP contribution is -2.42. The van der Waals surface area contributed by atoms with Gasteiger partial charge in [0.2, 0.25) is 15.9 Å². The van der Waals surface area contributed by atoms with Crippen LogP contribution in [0.4, 0.5) is 0 Å². The predicted molar refractivity (Wildman–Crippen MR) is 115 cm³/mol. The van der Waals surface area contributed by atoms with Crippen LogP contribution in [0, 0.1) is 12.8 Å². The van der Waals surface area contributed by atoms with Crippen LogP contribution in [0.25, 0.3) is 0 Å². The fraction of sp³-hybridized carbons (Fsp3) is 0.435. The maximum absolute atomic E-state index is 12.8. The topological polar surface area (TPSA) is 66.5 Å². The van der Waals surface area contributed by atoms with E-state index in [9.17, 15) is 13.2 Å². The van der Waals surface area contributed by atoms with Crippen LogP contribution in [0.1, 0.15) is 49.3 Å². The van der Waals surface area contributed by atoms with Crippen molar-refractivity contribution in [3.63, 3.8) is 0 Å². The number of piperidine rings is 1. The molecule has 0 aromatic heterocycles. The first kappa shape index (κ1) is 21.5. The number of hydrogen-bond acceptors (Lipinski definition) is 3. The van der Waals surface area contributed by atoms with E-state index in [1.165, 1.54) is 9.87 Å². The van der Waals surface area contributed by atoms with Crippen LogP contribution in [-0.4, -0.2) is 31.7 Å². The van der Waals surface area contributed by atoms with Crippen molar-refractivity contribution >= 4 is 15.9 Å². The lowest BCUT2D eigenvalue weighted by atomic mass is 9.97. The van der Waals surface area contributed by atoms with Crippen LogP contribution in [-0.2, 0) is 21.4 Å². The van der Waals surface area contributed by atoms with Crippen LogP contribution >= 0.6 is 0 Å². The van der Waals surface area contributed by atoms with Crippen molar-refractivity contribution in [3.8, 4) is 0 Å². The van der Waals surface area contributed by atoms with Gasteiger partial charge >= 0.3 is 0 Å². The molecular weight excluding hydrogens is 384 g/mol. The molecule has 0 aliphatic carbocycles. The minimum Gasteiger partial charge on any atom is -0.352 e. The van der Waals surface area contributed by atoms with Crippen LogP contribution in [0.5, 0.6) is 0 Å². The molecule has 1 aliphatic heterocycles. The number of amides is 1. The van der Waals surface area contributed by atoms with E-state index in [2.05, 4.69) is 31.3 Å². The molecule has 0 bridgehead atoms. The second-order valence-electron chi connectivity index (χ2n) is 8.11. The highest BCUT2D eigenvalue weighted by Crippen LogP contribution is 2.24. The van der Waals surface area contributed by atoms with Crippen molar-refractivity contribution in [1.29, 1.82) is 0 Å². The fourth-order valence-corrected chi connectivity index (χ4v) is 5.04. The van der Waals surface area contributed by atoms with Gasteiger partial charge in [-0.2, -0.15) is 4.31 Å². The molecule has 2 aromatic rings. The number of hydrogen-bond donors (Lipinski definition) is 1. The zero-order valence-electron chi connectivity index (χ0n) is 17.4. The van der Waals surface area contributed by atoms with Gasteiger partial charge in [0.25, 0.3) is 0 Å². The molecule has 5 nitrogen and oxygen atoms in total. The molecule has 1 fully saturated rings. The molecule has 2 aromatic carbocycles. The molecule has 0 radical (unpaired) electrons. The van der Waals surface area contributed by atoms with E-state index in [1.54, 1.807) is 24.3 Å². The molecule has 1 saturated heterocycles. The van der Waals surface area contributed by atoms with Crippen LogP contribution in [0.3, 0.4) is 0 Å². The van der Waals surface area contributed by atoms with E-state index >= 15 is 0 Å². The Bertz CT molecular complexity index is 927. The van der Waals surface area contributed by atoms with Gasteiger partial charge in [0.05, 0.1) is 4.90 Å². The van der Waals surface area contributed by atoms with E-state index < -0.39 is 10.0 Å². The average Bonchev–Trinajstić information content (AvgIpc) is 2.72. The smallest absolute Gasteiger partial charge is 0.243 e. The molecule has 0 saturated carbocycles. The number of benzene rings is 2. The summed E-state index contributed by atoms with van der Waals surface area (Å²) >= 11 is 0. The standard InChI is InChI=1S/C23H30N2O3S/c1-17(2)20-8-6-19(7-9-20)16-24-23(26)21-12-14-25(15-13-21)29(27,28)22-10-4-18(3)5-11-22/h4-11,17,21H,12-16H2,1-3H3,(H,24,26). The second kappa shape index (κ2) is 9.09. The molecule has 0 unspecified atom stereocenters. The minimum absolute atomic E-state index is 0.00493. The van der Waals surface area contributed by atoms with Gasteiger partial charge in [-0.3, -0.25) is 4.79 Å². The largest absolute Gasteiger partial charge is 0.352 e. The number of carbonyl (C=O) groups excluding carboxylic acids is 1. The van der Waals surface area contributed by atoms with Crippen molar-refractivity contribution < 1.29 is 13.2 Å². The SMILES string of the molecule is Cc1ccc(S(=O)(=O)N2CCC(C(=O)NCc3ccc(C(C)C)cc3)CC2)cc1.